The number of ether oxygens (including phenoxy) is 1. The molecule has 3 nitrogen and oxygen atoms in total. The van der Waals surface area contributed by atoms with Crippen molar-refractivity contribution in [1.82, 2.24) is 10.2 Å². The fraction of sp³-hybridized carbons (Fsp3) is 1.00. The van der Waals surface area contributed by atoms with Gasteiger partial charge in [-0.05, 0) is 32.4 Å². The number of rotatable bonds is 5. The third kappa shape index (κ3) is 4.40. The van der Waals surface area contributed by atoms with Crippen molar-refractivity contribution >= 4 is 0 Å². The minimum absolute atomic E-state index is 0.694. The summed E-state index contributed by atoms with van der Waals surface area (Å²) in [5.74, 6) is 0. The second-order valence-electron chi connectivity index (χ2n) is 4.06. The van der Waals surface area contributed by atoms with Gasteiger partial charge in [-0.15, -0.1) is 0 Å². The summed E-state index contributed by atoms with van der Waals surface area (Å²) in [6, 6.07) is 0.694. The zero-order valence-electron chi connectivity index (χ0n) is 9.59. The molecule has 1 aliphatic rings. The minimum atomic E-state index is 0.694. The lowest BCUT2D eigenvalue weighted by Crippen LogP contribution is -2.37. The molecule has 1 aliphatic heterocycles. The van der Waals surface area contributed by atoms with E-state index in [0.717, 1.165) is 13.0 Å². The van der Waals surface area contributed by atoms with Crippen molar-refractivity contribution in [1.29, 1.82) is 0 Å². The summed E-state index contributed by atoms with van der Waals surface area (Å²) in [6.07, 6.45) is 3.68. The average Bonchev–Trinajstić information content (AvgIpc) is 2.43. The Labute approximate surface area is 87.8 Å². The molecule has 0 spiro atoms. The standard InChI is InChI=1S/C11H24N2O/c1-3-11-10-13(7-4-6-12-11)8-5-9-14-2/h11-12H,3-10H2,1-2H3. The lowest BCUT2D eigenvalue weighted by atomic mass is 10.2. The molecule has 14 heavy (non-hydrogen) atoms. The molecule has 0 bridgehead atoms. The monoisotopic (exact) mass is 200 g/mol. The summed E-state index contributed by atoms with van der Waals surface area (Å²) in [4.78, 5) is 2.56. The molecular weight excluding hydrogens is 176 g/mol. The van der Waals surface area contributed by atoms with E-state index in [0.29, 0.717) is 6.04 Å². The van der Waals surface area contributed by atoms with Crippen molar-refractivity contribution in [3.05, 3.63) is 0 Å². The summed E-state index contributed by atoms with van der Waals surface area (Å²) < 4.78 is 5.08. The molecule has 3 heteroatoms. The third-order valence-electron chi connectivity index (χ3n) is 2.88. The highest BCUT2D eigenvalue weighted by molar-refractivity contribution is 4.75. The highest BCUT2D eigenvalue weighted by Gasteiger charge is 2.15. The average molecular weight is 200 g/mol. The fourth-order valence-electron chi connectivity index (χ4n) is 1.99. The first-order valence-electron chi connectivity index (χ1n) is 5.81. The van der Waals surface area contributed by atoms with E-state index in [9.17, 15) is 0 Å². The number of nitrogens with zero attached hydrogens (tertiary/aromatic N) is 1. The lowest BCUT2D eigenvalue weighted by Gasteiger charge is -2.23. The van der Waals surface area contributed by atoms with Gasteiger partial charge >= 0.3 is 0 Å². The van der Waals surface area contributed by atoms with Gasteiger partial charge in [0.2, 0.25) is 0 Å². The predicted octanol–water partition coefficient (Wildman–Crippen LogP) is 1.10. The van der Waals surface area contributed by atoms with Gasteiger partial charge in [-0.25, -0.2) is 0 Å². The first-order chi connectivity index (χ1) is 6.86. The predicted molar refractivity (Wildman–Crippen MR) is 59.6 cm³/mol. The number of methoxy groups -OCH3 is 1. The van der Waals surface area contributed by atoms with E-state index in [4.69, 9.17) is 4.74 Å². The van der Waals surface area contributed by atoms with Crippen LogP contribution in [0.5, 0.6) is 0 Å². The molecule has 0 amide bonds. The molecule has 1 saturated heterocycles. The largest absolute Gasteiger partial charge is 0.385 e. The van der Waals surface area contributed by atoms with E-state index in [-0.39, 0.29) is 0 Å². The van der Waals surface area contributed by atoms with Crippen LogP contribution in [0.25, 0.3) is 0 Å². The summed E-state index contributed by atoms with van der Waals surface area (Å²) in [6.45, 7) is 7.97. The Hall–Kier alpha value is -0.120. The van der Waals surface area contributed by atoms with Gasteiger partial charge in [0.25, 0.3) is 0 Å². The molecule has 0 aliphatic carbocycles. The minimum Gasteiger partial charge on any atom is -0.385 e. The van der Waals surface area contributed by atoms with Crippen LogP contribution in [0.4, 0.5) is 0 Å². The Morgan fingerprint density at radius 3 is 3.07 bits per heavy atom. The fourth-order valence-corrected chi connectivity index (χ4v) is 1.99. The van der Waals surface area contributed by atoms with Crippen LogP contribution in [0.2, 0.25) is 0 Å². The van der Waals surface area contributed by atoms with Gasteiger partial charge < -0.3 is 15.0 Å². The third-order valence-corrected chi connectivity index (χ3v) is 2.88. The van der Waals surface area contributed by atoms with Crippen LogP contribution in [-0.4, -0.2) is 50.8 Å². The molecular formula is C11H24N2O. The molecule has 0 aromatic heterocycles. The lowest BCUT2D eigenvalue weighted by molar-refractivity contribution is 0.170. The van der Waals surface area contributed by atoms with Crippen LogP contribution in [-0.2, 0) is 4.74 Å². The van der Waals surface area contributed by atoms with E-state index in [1.54, 1.807) is 7.11 Å². The van der Waals surface area contributed by atoms with Crippen molar-refractivity contribution in [2.75, 3.05) is 39.9 Å². The van der Waals surface area contributed by atoms with Crippen molar-refractivity contribution in [2.45, 2.75) is 32.2 Å². The first-order valence-corrected chi connectivity index (χ1v) is 5.81. The maximum absolute atomic E-state index is 5.08. The Bertz CT molecular complexity index is 141. The first kappa shape index (κ1) is 12.0. The Kier molecular flexibility index (Phi) is 6.15. The molecule has 0 radical (unpaired) electrons. The Morgan fingerprint density at radius 1 is 1.50 bits per heavy atom. The van der Waals surface area contributed by atoms with Crippen molar-refractivity contribution < 1.29 is 4.74 Å². The van der Waals surface area contributed by atoms with Gasteiger partial charge in [0.1, 0.15) is 0 Å². The zero-order valence-corrected chi connectivity index (χ0v) is 9.59. The summed E-state index contributed by atoms with van der Waals surface area (Å²) >= 11 is 0. The van der Waals surface area contributed by atoms with Crippen LogP contribution >= 0.6 is 0 Å². The smallest absolute Gasteiger partial charge is 0.0474 e. The van der Waals surface area contributed by atoms with Gasteiger partial charge in [0.05, 0.1) is 0 Å². The molecule has 0 saturated carbocycles. The molecule has 1 unspecified atom stereocenters. The number of nitrogens with one attached hydrogen (secondary N) is 1. The second kappa shape index (κ2) is 7.21. The number of hydrogen-bond donors (Lipinski definition) is 1. The van der Waals surface area contributed by atoms with Crippen LogP contribution in [0.3, 0.4) is 0 Å². The van der Waals surface area contributed by atoms with Crippen molar-refractivity contribution in [3.8, 4) is 0 Å². The van der Waals surface area contributed by atoms with Gasteiger partial charge in [-0.1, -0.05) is 6.92 Å². The maximum Gasteiger partial charge on any atom is 0.0474 e. The van der Waals surface area contributed by atoms with Crippen LogP contribution in [0, 0.1) is 0 Å². The quantitative estimate of drug-likeness (QED) is 0.673. The zero-order chi connectivity index (χ0) is 10.2. The highest BCUT2D eigenvalue weighted by atomic mass is 16.5. The topological polar surface area (TPSA) is 24.5 Å². The normalized spacial score (nSPS) is 24.9. The summed E-state index contributed by atoms with van der Waals surface area (Å²) in [5.41, 5.74) is 0. The van der Waals surface area contributed by atoms with E-state index < -0.39 is 0 Å². The Balaban J connectivity index is 2.20. The van der Waals surface area contributed by atoms with Crippen molar-refractivity contribution in [2.24, 2.45) is 0 Å². The van der Waals surface area contributed by atoms with Gasteiger partial charge in [0.15, 0.2) is 0 Å². The van der Waals surface area contributed by atoms with E-state index in [1.165, 1.54) is 39.0 Å². The number of hydrogen-bond acceptors (Lipinski definition) is 3. The van der Waals surface area contributed by atoms with Crippen LogP contribution in [0.15, 0.2) is 0 Å². The van der Waals surface area contributed by atoms with Gasteiger partial charge in [-0.3, -0.25) is 0 Å². The van der Waals surface area contributed by atoms with E-state index >= 15 is 0 Å². The van der Waals surface area contributed by atoms with E-state index in [2.05, 4.69) is 17.1 Å². The second-order valence-corrected chi connectivity index (χ2v) is 4.06. The molecule has 0 aromatic carbocycles. The molecule has 1 heterocycles. The van der Waals surface area contributed by atoms with Crippen molar-refractivity contribution in [3.63, 3.8) is 0 Å². The molecule has 1 atom stereocenters. The summed E-state index contributed by atoms with van der Waals surface area (Å²) in [5, 5.41) is 3.58. The molecule has 84 valence electrons. The highest BCUT2D eigenvalue weighted by Crippen LogP contribution is 2.04. The SMILES string of the molecule is CCC1CN(CCCOC)CCCN1. The molecule has 1 N–H and O–H groups in total. The van der Waals surface area contributed by atoms with Gasteiger partial charge in [0, 0.05) is 32.8 Å². The molecule has 0 aromatic rings. The van der Waals surface area contributed by atoms with Gasteiger partial charge in [-0.2, -0.15) is 0 Å². The maximum atomic E-state index is 5.08. The van der Waals surface area contributed by atoms with Crippen LogP contribution in [0.1, 0.15) is 26.2 Å². The Morgan fingerprint density at radius 2 is 2.36 bits per heavy atom. The molecule has 1 fully saturated rings. The molecule has 1 rings (SSSR count). The van der Waals surface area contributed by atoms with E-state index in [1.807, 2.05) is 0 Å². The van der Waals surface area contributed by atoms with Crippen LogP contribution < -0.4 is 5.32 Å². The summed E-state index contributed by atoms with van der Waals surface area (Å²) in [7, 11) is 1.78.